The molecule has 0 fully saturated rings. The normalized spacial score (nSPS) is 12.9. The van der Waals surface area contributed by atoms with Crippen molar-refractivity contribution in [2.24, 2.45) is 7.05 Å². The Hall–Kier alpha value is -1.61. The van der Waals surface area contributed by atoms with Gasteiger partial charge in [0, 0.05) is 29.2 Å². The number of carbonyl (C=O) groups excluding carboxylic acids is 1. The van der Waals surface area contributed by atoms with Gasteiger partial charge in [-0.25, -0.2) is 0 Å². The van der Waals surface area contributed by atoms with Crippen molar-refractivity contribution >= 4 is 16.7 Å². The zero-order chi connectivity index (χ0) is 12.6. The number of aromatic nitrogens is 1. The third-order valence-electron chi connectivity index (χ3n) is 3.47. The molecule has 0 aliphatic rings. The van der Waals surface area contributed by atoms with Crippen LogP contribution in [0.2, 0.25) is 0 Å². The predicted octanol–water partition coefficient (Wildman–Crippen LogP) is 2.28. The summed E-state index contributed by atoms with van der Waals surface area (Å²) >= 11 is 0. The van der Waals surface area contributed by atoms with E-state index in [-0.39, 0.29) is 11.8 Å². The Morgan fingerprint density at radius 1 is 1.35 bits per heavy atom. The molecule has 3 heteroatoms. The van der Waals surface area contributed by atoms with Crippen molar-refractivity contribution in [3.63, 3.8) is 0 Å². The summed E-state index contributed by atoms with van der Waals surface area (Å²) in [5.41, 5.74) is 2.97. The summed E-state index contributed by atoms with van der Waals surface area (Å²) in [5.74, 6) is 0.154. The van der Waals surface area contributed by atoms with Crippen LogP contribution in [-0.4, -0.2) is 23.4 Å². The van der Waals surface area contributed by atoms with Gasteiger partial charge in [-0.15, -0.1) is 0 Å². The topological polar surface area (TPSA) is 34.0 Å². The molecule has 0 aliphatic heterocycles. The molecule has 0 saturated heterocycles. The van der Waals surface area contributed by atoms with Crippen molar-refractivity contribution in [2.45, 2.75) is 19.9 Å². The number of hydrogen-bond donors (Lipinski definition) is 1. The first kappa shape index (κ1) is 11.9. The number of likely N-dealkylation sites (N-methyl/N-ethyl adjacent to an activating group) is 1. The molecule has 0 spiro atoms. The van der Waals surface area contributed by atoms with Gasteiger partial charge in [0.15, 0.2) is 5.78 Å². The second-order valence-corrected chi connectivity index (χ2v) is 4.41. The third-order valence-corrected chi connectivity index (χ3v) is 3.47. The summed E-state index contributed by atoms with van der Waals surface area (Å²) in [6.45, 7) is 3.89. The van der Waals surface area contributed by atoms with Crippen molar-refractivity contribution in [1.29, 1.82) is 0 Å². The minimum absolute atomic E-state index is 0.153. The second kappa shape index (κ2) is 4.34. The largest absolute Gasteiger partial charge is 0.347 e. The molecule has 2 aromatic rings. The van der Waals surface area contributed by atoms with Crippen molar-refractivity contribution in [3.05, 3.63) is 35.5 Å². The SMILES string of the molecule is CNC(C)C(=O)c1c(C)n(C)c2ccccc12. The number of nitrogens with one attached hydrogen (secondary N) is 1. The van der Waals surface area contributed by atoms with Crippen molar-refractivity contribution < 1.29 is 4.79 Å². The van der Waals surface area contributed by atoms with E-state index in [9.17, 15) is 4.79 Å². The number of rotatable bonds is 3. The second-order valence-electron chi connectivity index (χ2n) is 4.41. The minimum Gasteiger partial charge on any atom is -0.347 e. The lowest BCUT2D eigenvalue weighted by Crippen LogP contribution is -2.31. The Balaban J connectivity index is 2.69. The number of carbonyl (C=O) groups is 1. The van der Waals surface area contributed by atoms with Crippen molar-refractivity contribution in [3.8, 4) is 0 Å². The summed E-state index contributed by atoms with van der Waals surface area (Å²) in [7, 11) is 3.81. The van der Waals surface area contributed by atoms with Gasteiger partial charge in [0.25, 0.3) is 0 Å². The molecular formula is C14H18N2O. The van der Waals surface area contributed by atoms with Crippen LogP contribution < -0.4 is 5.32 Å². The fraction of sp³-hybridized carbons (Fsp3) is 0.357. The molecule has 1 unspecified atom stereocenters. The quantitative estimate of drug-likeness (QED) is 0.821. The molecular weight excluding hydrogens is 212 g/mol. The van der Waals surface area contributed by atoms with Gasteiger partial charge in [0.1, 0.15) is 0 Å². The van der Waals surface area contributed by atoms with Crippen LogP contribution in [0.4, 0.5) is 0 Å². The molecule has 90 valence electrons. The Labute approximate surface area is 101 Å². The first-order valence-corrected chi connectivity index (χ1v) is 5.83. The predicted molar refractivity (Wildman–Crippen MR) is 70.5 cm³/mol. The fourth-order valence-corrected chi connectivity index (χ4v) is 2.18. The molecule has 1 atom stereocenters. The Bertz CT molecular complexity index is 569. The number of fused-ring (bicyclic) bond motifs is 1. The molecule has 0 aliphatic carbocycles. The molecule has 0 saturated carbocycles. The van der Waals surface area contributed by atoms with E-state index in [0.29, 0.717) is 0 Å². The average Bonchev–Trinajstić information content (AvgIpc) is 2.61. The Morgan fingerprint density at radius 2 is 2.00 bits per heavy atom. The number of para-hydroxylation sites is 1. The van der Waals surface area contributed by atoms with Crippen LogP contribution in [0.5, 0.6) is 0 Å². The van der Waals surface area contributed by atoms with E-state index in [0.717, 1.165) is 22.2 Å². The first-order valence-electron chi connectivity index (χ1n) is 5.83. The van der Waals surface area contributed by atoms with E-state index in [4.69, 9.17) is 0 Å². The van der Waals surface area contributed by atoms with Crippen molar-refractivity contribution in [1.82, 2.24) is 9.88 Å². The van der Waals surface area contributed by atoms with Gasteiger partial charge in [-0.05, 0) is 27.0 Å². The molecule has 1 N–H and O–H groups in total. The number of aryl methyl sites for hydroxylation is 1. The smallest absolute Gasteiger partial charge is 0.181 e. The van der Waals surface area contributed by atoms with E-state index in [1.807, 2.05) is 52.2 Å². The van der Waals surface area contributed by atoms with Crippen LogP contribution in [0.3, 0.4) is 0 Å². The standard InChI is InChI=1S/C14H18N2O/c1-9(15-3)14(17)13-10(2)16(4)12-8-6-5-7-11(12)13/h5-9,15H,1-4H3. The van der Waals surface area contributed by atoms with Crippen LogP contribution >= 0.6 is 0 Å². The van der Waals surface area contributed by atoms with Gasteiger partial charge in [0.2, 0.25) is 0 Å². The Kier molecular flexibility index (Phi) is 3.03. The lowest BCUT2D eigenvalue weighted by atomic mass is 10.0. The summed E-state index contributed by atoms with van der Waals surface area (Å²) in [6, 6.07) is 7.88. The van der Waals surface area contributed by atoms with Gasteiger partial charge in [0.05, 0.1) is 6.04 Å². The lowest BCUT2D eigenvalue weighted by Gasteiger charge is -2.09. The molecule has 2 rings (SSSR count). The number of Topliss-reactive ketones (excluding diaryl/α,β-unsaturated/α-hetero) is 1. The van der Waals surface area contributed by atoms with Crippen molar-refractivity contribution in [2.75, 3.05) is 7.05 Å². The maximum atomic E-state index is 12.3. The van der Waals surface area contributed by atoms with Crippen LogP contribution in [-0.2, 0) is 7.05 Å². The van der Waals surface area contributed by atoms with E-state index in [2.05, 4.69) is 9.88 Å². The first-order chi connectivity index (χ1) is 8.07. The Morgan fingerprint density at radius 3 is 2.65 bits per heavy atom. The van der Waals surface area contributed by atoms with E-state index < -0.39 is 0 Å². The van der Waals surface area contributed by atoms with Crippen LogP contribution in [0.25, 0.3) is 10.9 Å². The molecule has 0 bridgehead atoms. The summed E-state index contributed by atoms with van der Waals surface area (Å²) in [4.78, 5) is 12.3. The molecule has 0 amide bonds. The molecule has 1 heterocycles. The lowest BCUT2D eigenvalue weighted by molar-refractivity contribution is 0.0956. The van der Waals surface area contributed by atoms with Gasteiger partial charge >= 0.3 is 0 Å². The number of benzene rings is 1. The highest BCUT2D eigenvalue weighted by atomic mass is 16.1. The highest BCUT2D eigenvalue weighted by Crippen LogP contribution is 2.25. The highest BCUT2D eigenvalue weighted by Gasteiger charge is 2.21. The fourth-order valence-electron chi connectivity index (χ4n) is 2.18. The van der Waals surface area contributed by atoms with Crippen LogP contribution in [0, 0.1) is 6.92 Å². The van der Waals surface area contributed by atoms with Crippen LogP contribution in [0.15, 0.2) is 24.3 Å². The average molecular weight is 230 g/mol. The third kappa shape index (κ3) is 1.76. The number of hydrogen-bond acceptors (Lipinski definition) is 2. The molecule has 3 nitrogen and oxygen atoms in total. The zero-order valence-electron chi connectivity index (χ0n) is 10.7. The van der Waals surface area contributed by atoms with Gasteiger partial charge < -0.3 is 9.88 Å². The number of nitrogens with zero attached hydrogens (tertiary/aromatic N) is 1. The zero-order valence-corrected chi connectivity index (χ0v) is 10.7. The molecule has 0 radical (unpaired) electrons. The van der Waals surface area contributed by atoms with E-state index in [1.54, 1.807) is 0 Å². The summed E-state index contributed by atoms with van der Waals surface area (Å²) < 4.78 is 2.07. The summed E-state index contributed by atoms with van der Waals surface area (Å²) in [6.07, 6.45) is 0. The molecule has 17 heavy (non-hydrogen) atoms. The van der Waals surface area contributed by atoms with Gasteiger partial charge in [-0.2, -0.15) is 0 Å². The molecule has 1 aromatic heterocycles. The van der Waals surface area contributed by atoms with Crippen LogP contribution in [0.1, 0.15) is 23.0 Å². The molecule has 1 aromatic carbocycles. The maximum absolute atomic E-state index is 12.3. The van der Waals surface area contributed by atoms with E-state index in [1.165, 1.54) is 0 Å². The maximum Gasteiger partial charge on any atom is 0.181 e. The number of ketones is 1. The van der Waals surface area contributed by atoms with E-state index >= 15 is 0 Å². The monoisotopic (exact) mass is 230 g/mol. The summed E-state index contributed by atoms with van der Waals surface area (Å²) in [5, 5.41) is 4.05. The van der Waals surface area contributed by atoms with Gasteiger partial charge in [-0.3, -0.25) is 4.79 Å². The minimum atomic E-state index is -0.153. The van der Waals surface area contributed by atoms with Gasteiger partial charge in [-0.1, -0.05) is 18.2 Å². The highest BCUT2D eigenvalue weighted by molar-refractivity contribution is 6.11.